The lowest BCUT2D eigenvalue weighted by Crippen LogP contribution is -2.36. The van der Waals surface area contributed by atoms with E-state index >= 15 is 0 Å². The minimum atomic E-state index is -2.85. The van der Waals surface area contributed by atoms with E-state index in [2.05, 4.69) is 10.6 Å². The molecule has 18 heavy (non-hydrogen) atoms. The molecule has 0 saturated heterocycles. The van der Waals surface area contributed by atoms with E-state index in [0.29, 0.717) is 5.69 Å². The Morgan fingerprint density at radius 1 is 1.28 bits per heavy atom. The van der Waals surface area contributed by atoms with Crippen LogP contribution >= 0.6 is 0 Å². The number of hydrogen-bond donors (Lipinski definition) is 3. The molecule has 0 aliphatic carbocycles. The minimum absolute atomic E-state index is 0.221. The zero-order valence-electron chi connectivity index (χ0n) is 9.37. The van der Waals surface area contributed by atoms with Crippen LogP contribution in [-0.4, -0.2) is 36.6 Å². The van der Waals surface area contributed by atoms with Crippen molar-refractivity contribution >= 4 is 11.6 Å². The molecule has 0 fully saturated rings. The van der Waals surface area contributed by atoms with Crippen LogP contribution in [0.4, 0.5) is 18.9 Å². The maximum Gasteiger partial charge on any atom is 0.265 e. The lowest BCUT2D eigenvalue weighted by molar-refractivity contribution is -0.115. The van der Waals surface area contributed by atoms with Crippen molar-refractivity contribution in [3.63, 3.8) is 0 Å². The zero-order valence-corrected chi connectivity index (χ0v) is 9.37. The molecule has 0 spiro atoms. The molecular formula is C11H13F3N2O2. The third-order valence-corrected chi connectivity index (χ3v) is 2.06. The van der Waals surface area contributed by atoms with Crippen LogP contribution in [0.5, 0.6) is 0 Å². The normalized spacial score (nSPS) is 12.5. The van der Waals surface area contributed by atoms with Crippen molar-refractivity contribution in [2.45, 2.75) is 12.5 Å². The van der Waals surface area contributed by atoms with E-state index < -0.39 is 24.3 Å². The summed E-state index contributed by atoms with van der Waals surface area (Å²) in [5.41, 5.74) is 0.401. The van der Waals surface area contributed by atoms with Gasteiger partial charge < -0.3 is 15.7 Å². The Labute approximate surface area is 102 Å². The summed E-state index contributed by atoms with van der Waals surface area (Å²) in [5, 5.41) is 13.6. The summed E-state index contributed by atoms with van der Waals surface area (Å²) in [4.78, 5) is 11.3. The van der Waals surface area contributed by atoms with Gasteiger partial charge in [0.2, 0.25) is 5.91 Å². The summed E-state index contributed by atoms with van der Waals surface area (Å²) in [6, 6.07) is 5.12. The van der Waals surface area contributed by atoms with Crippen LogP contribution in [-0.2, 0) is 4.79 Å². The van der Waals surface area contributed by atoms with Gasteiger partial charge in [-0.15, -0.1) is 0 Å². The Morgan fingerprint density at radius 3 is 2.44 bits per heavy atom. The molecule has 1 aromatic carbocycles. The van der Waals surface area contributed by atoms with Crippen molar-refractivity contribution in [3.05, 3.63) is 30.1 Å². The van der Waals surface area contributed by atoms with Gasteiger partial charge in [0, 0.05) is 12.2 Å². The summed E-state index contributed by atoms with van der Waals surface area (Å²) in [7, 11) is 0. The van der Waals surface area contributed by atoms with Gasteiger partial charge in [-0.2, -0.15) is 0 Å². The van der Waals surface area contributed by atoms with Crippen LogP contribution in [0.1, 0.15) is 0 Å². The number of carbonyl (C=O) groups excluding carboxylic acids is 1. The van der Waals surface area contributed by atoms with Gasteiger partial charge in [-0.3, -0.25) is 4.79 Å². The molecule has 1 rings (SSSR count). The fourth-order valence-corrected chi connectivity index (χ4v) is 1.16. The lowest BCUT2D eigenvalue weighted by Gasteiger charge is -2.10. The number of rotatable bonds is 6. The third-order valence-electron chi connectivity index (χ3n) is 2.06. The number of alkyl halides is 2. The van der Waals surface area contributed by atoms with E-state index in [1.54, 1.807) is 0 Å². The lowest BCUT2D eigenvalue weighted by atomic mass is 10.3. The Morgan fingerprint density at radius 2 is 1.89 bits per heavy atom. The molecule has 1 atom stereocenters. The molecule has 0 radical (unpaired) electrons. The van der Waals surface area contributed by atoms with E-state index in [-0.39, 0.29) is 13.1 Å². The summed E-state index contributed by atoms with van der Waals surface area (Å²) in [6.07, 6.45) is -4.65. The molecule has 0 aliphatic heterocycles. The Hall–Kier alpha value is -1.60. The van der Waals surface area contributed by atoms with Gasteiger partial charge in [0.25, 0.3) is 6.43 Å². The largest absolute Gasteiger partial charge is 0.386 e. The average molecular weight is 262 g/mol. The fourth-order valence-electron chi connectivity index (χ4n) is 1.16. The first-order valence-electron chi connectivity index (χ1n) is 5.21. The molecule has 0 heterocycles. The molecular weight excluding hydrogens is 249 g/mol. The molecule has 4 nitrogen and oxygen atoms in total. The highest BCUT2D eigenvalue weighted by atomic mass is 19.3. The molecule has 1 amide bonds. The van der Waals surface area contributed by atoms with Gasteiger partial charge in [0.15, 0.2) is 0 Å². The van der Waals surface area contributed by atoms with Gasteiger partial charge >= 0.3 is 0 Å². The summed E-state index contributed by atoms with van der Waals surface area (Å²) in [6.45, 7) is -0.602. The van der Waals surface area contributed by atoms with Crippen LogP contribution in [0.25, 0.3) is 0 Å². The second-order valence-electron chi connectivity index (χ2n) is 3.59. The average Bonchev–Trinajstić information content (AvgIpc) is 2.32. The molecule has 0 aliphatic rings. The quantitative estimate of drug-likeness (QED) is 0.716. The number of hydrogen-bond acceptors (Lipinski definition) is 3. The standard InChI is InChI=1S/C11H13F3N2O2/c12-7-1-3-8(4-2-7)16-10(18)6-15-5-9(17)11(13)14/h1-4,9,11,15,17H,5-6H2,(H,16,18). The molecule has 0 bridgehead atoms. The second kappa shape index (κ2) is 6.97. The van der Waals surface area contributed by atoms with Crippen LogP contribution in [0.15, 0.2) is 24.3 Å². The number of nitrogens with one attached hydrogen (secondary N) is 2. The summed E-state index contributed by atoms with van der Waals surface area (Å²) < 4.78 is 36.4. The highest BCUT2D eigenvalue weighted by molar-refractivity contribution is 5.92. The first-order chi connectivity index (χ1) is 8.49. The smallest absolute Gasteiger partial charge is 0.265 e. The maximum atomic E-state index is 12.6. The van der Waals surface area contributed by atoms with Crippen LogP contribution in [0.2, 0.25) is 0 Å². The van der Waals surface area contributed by atoms with Crippen LogP contribution in [0, 0.1) is 5.82 Å². The molecule has 100 valence electrons. The molecule has 0 aromatic heterocycles. The third kappa shape index (κ3) is 5.15. The van der Waals surface area contributed by atoms with Crippen molar-refractivity contribution in [2.75, 3.05) is 18.4 Å². The van der Waals surface area contributed by atoms with E-state index in [0.717, 1.165) is 0 Å². The first-order valence-corrected chi connectivity index (χ1v) is 5.21. The van der Waals surface area contributed by atoms with Crippen LogP contribution < -0.4 is 10.6 Å². The number of aliphatic hydroxyl groups is 1. The zero-order chi connectivity index (χ0) is 13.5. The van der Waals surface area contributed by atoms with Crippen molar-refractivity contribution in [1.29, 1.82) is 0 Å². The van der Waals surface area contributed by atoms with E-state index in [9.17, 15) is 18.0 Å². The number of aliphatic hydroxyl groups excluding tert-OH is 1. The topological polar surface area (TPSA) is 61.4 Å². The number of carbonyl (C=O) groups is 1. The Balaban J connectivity index is 2.27. The number of halogens is 3. The van der Waals surface area contributed by atoms with E-state index in [1.807, 2.05) is 0 Å². The Bertz CT molecular complexity index is 384. The highest BCUT2D eigenvalue weighted by Gasteiger charge is 2.16. The predicted octanol–water partition coefficient (Wildman–Crippen LogP) is 0.980. The van der Waals surface area contributed by atoms with Gasteiger partial charge in [-0.25, -0.2) is 13.2 Å². The van der Waals surface area contributed by atoms with Gasteiger partial charge in [-0.05, 0) is 24.3 Å². The minimum Gasteiger partial charge on any atom is -0.386 e. The number of benzene rings is 1. The van der Waals surface area contributed by atoms with E-state index in [1.165, 1.54) is 24.3 Å². The van der Waals surface area contributed by atoms with Crippen LogP contribution in [0.3, 0.4) is 0 Å². The van der Waals surface area contributed by atoms with Gasteiger partial charge in [0.05, 0.1) is 6.54 Å². The maximum absolute atomic E-state index is 12.6. The molecule has 1 aromatic rings. The van der Waals surface area contributed by atoms with Crippen molar-refractivity contribution in [1.82, 2.24) is 5.32 Å². The number of amides is 1. The summed E-state index contributed by atoms with van der Waals surface area (Å²) in [5.74, 6) is -0.894. The highest BCUT2D eigenvalue weighted by Crippen LogP contribution is 2.07. The number of anilines is 1. The molecule has 0 saturated carbocycles. The summed E-state index contributed by atoms with van der Waals surface area (Å²) >= 11 is 0. The second-order valence-corrected chi connectivity index (χ2v) is 3.59. The monoisotopic (exact) mass is 262 g/mol. The molecule has 1 unspecified atom stereocenters. The van der Waals surface area contributed by atoms with Crippen molar-refractivity contribution in [3.8, 4) is 0 Å². The van der Waals surface area contributed by atoms with Crippen molar-refractivity contribution < 1.29 is 23.1 Å². The fraction of sp³-hybridized carbons (Fsp3) is 0.364. The van der Waals surface area contributed by atoms with Crippen molar-refractivity contribution in [2.24, 2.45) is 0 Å². The van der Waals surface area contributed by atoms with E-state index in [4.69, 9.17) is 5.11 Å². The molecule has 3 N–H and O–H groups in total. The predicted molar refractivity (Wildman–Crippen MR) is 59.9 cm³/mol. The first kappa shape index (κ1) is 14.5. The Kier molecular flexibility index (Phi) is 5.60. The van der Waals surface area contributed by atoms with Gasteiger partial charge in [-0.1, -0.05) is 0 Å². The molecule has 7 heteroatoms. The SMILES string of the molecule is O=C(CNCC(O)C(F)F)Nc1ccc(F)cc1. The van der Waals surface area contributed by atoms with Gasteiger partial charge in [0.1, 0.15) is 11.9 Å².